The fraction of sp³-hybridized carbons (Fsp3) is 0.667. The van der Waals surface area contributed by atoms with E-state index in [-0.39, 0.29) is 6.54 Å². The number of carbonyl (C=O) groups is 4. The van der Waals surface area contributed by atoms with Crippen molar-refractivity contribution in [2.24, 2.45) is 5.73 Å². The van der Waals surface area contributed by atoms with Gasteiger partial charge in [0, 0.05) is 0 Å². The van der Waals surface area contributed by atoms with Gasteiger partial charge < -0.3 is 26.8 Å². The summed E-state index contributed by atoms with van der Waals surface area (Å²) < 4.78 is 0. The summed E-state index contributed by atoms with van der Waals surface area (Å²) in [4.78, 5) is 45.4. The molecule has 2 unspecified atom stereocenters. The van der Waals surface area contributed by atoms with Crippen molar-refractivity contribution in [2.45, 2.75) is 25.4 Å². The number of amides is 3. The van der Waals surface area contributed by atoms with Gasteiger partial charge in [0.1, 0.15) is 18.6 Å². The first-order chi connectivity index (χ1) is 10.3. The third kappa shape index (κ3) is 8.47. The number of carboxylic acids is 1. The molecule has 10 heteroatoms. The Hall–Kier alpha value is -1.81. The van der Waals surface area contributed by atoms with Gasteiger partial charge in [-0.1, -0.05) is 0 Å². The molecule has 126 valence electrons. The lowest BCUT2D eigenvalue weighted by atomic mass is 10.2. The van der Waals surface area contributed by atoms with E-state index >= 15 is 0 Å². The minimum atomic E-state index is -1.17. The molecule has 0 fully saturated rings. The number of hydrogen-bond acceptors (Lipinski definition) is 6. The maximum atomic E-state index is 11.9. The molecule has 0 rings (SSSR count). The fourth-order valence-electron chi connectivity index (χ4n) is 1.45. The lowest BCUT2D eigenvalue weighted by Gasteiger charge is -2.20. The van der Waals surface area contributed by atoms with Gasteiger partial charge in [-0.25, -0.2) is 0 Å². The van der Waals surface area contributed by atoms with Gasteiger partial charge >= 0.3 is 5.97 Å². The maximum absolute atomic E-state index is 11.9. The largest absolute Gasteiger partial charge is 0.480 e. The number of nitrogens with two attached hydrogens (primary N) is 1. The van der Waals surface area contributed by atoms with Crippen molar-refractivity contribution in [2.75, 3.05) is 25.1 Å². The van der Waals surface area contributed by atoms with E-state index < -0.39 is 42.3 Å². The summed E-state index contributed by atoms with van der Waals surface area (Å²) in [5.74, 6) is -2.18. The Morgan fingerprint density at radius 3 is 2.32 bits per heavy atom. The molecule has 0 aromatic heterocycles. The number of thioether (sulfide) groups is 1. The first-order valence-electron chi connectivity index (χ1n) is 6.60. The summed E-state index contributed by atoms with van der Waals surface area (Å²) in [5.41, 5.74) is 5.14. The van der Waals surface area contributed by atoms with Crippen molar-refractivity contribution in [3.05, 3.63) is 0 Å². The van der Waals surface area contributed by atoms with Crippen LogP contribution in [0.25, 0.3) is 0 Å². The van der Waals surface area contributed by atoms with Crippen LogP contribution in [-0.2, 0) is 19.2 Å². The number of nitrogens with one attached hydrogen (secondary N) is 3. The normalized spacial score (nSPS) is 12.9. The van der Waals surface area contributed by atoms with Crippen LogP contribution in [0, 0.1) is 0 Å². The summed E-state index contributed by atoms with van der Waals surface area (Å²) >= 11 is 1.49. The summed E-state index contributed by atoms with van der Waals surface area (Å²) in [6.45, 7) is 0.695. The molecule has 6 N–H and O–H groups in total. The topological polar surface area (TPSA) is 151 Å². The predicted molar refractivity (Wildman–Crippen MR) is 82.2 cm³/mol. The van der Waals surface area contributed by atoms with E-state index in [1.807, 2.05) is 6.26 Å². The molecular weight excluding hydrogens is 312 g/mol. The van der Waals surface area contributed by atoms with Crippen LogP contribution in [0.2, 0.25) is 0 Å². The highest BCUT2D eigenvalue weighted by molar-refractivity contribution is 7.98. The molecule has 0 aromatic rings. The molecule has 0 bridgehead atoms. The summed E-state index contributed by atoms with van der Waals surface area (Å²) in [6, 6.07) is -1.71. The van der Waals surface area contributed by atoms with Crippen molar-refractivity contribution in [1.82, 2.24) is 16.0 Å². The number of carboxylic acid groups (broad SMARTS) is 1. The molecule has 0 radical (unpaired) electrons. The van der Waals surface area contributed by atoms with Gasteiger partial charge in [-0.3, -0.25) is 19.2 Å². The zero-order valence-electron chi connectivity index (χ0n) is 12.5. The average molecular weight is 334 g/mol. The molecule has 0 aliphatic heterocycles. The van der Waals surface area contributed by atoms with Crippen LogP contribution >= 0.6 is 11.8 Å². The Bertz CT molecular complexity index is 418. The van der Waals surface area contributed by atoms with Gasteiger partial charge in [-0.2, -0.15) is 11.8 Å². The van der Waals surface area contributed by atoms with Crippen molar-refractivity contribution in [1.29, 1.82) is 0 Å². The van der Waals surface area contributed by atoms with Gasteiger partial charge in [-0.05, 0) is 25.4 Å². The standard InChI is InChI=1S/C12H22N4O5S/c1-7(15-9(17)5-13)11(20)16-8(3-4-22-2)12(21)14-6-10(18)19/h7-8H,3-6,13H2,1-2H3,(H,14,21)(H,15,17)(H,16,20)(H,18,19). The Balaban J connectivity index is 4.61. The average Bonchev–Trinajstić information content (AvgIpc) is 2.48. The third-order valence-electron chi connectivity index (χ3n) is 2.61. The van der Waals surface area contributed by atoms with Gasteiger partial charge in [-0.15, -0.1) is 0 Å². The molecule has 2 atom stereocenters. The fourth-order valence-corrected chi connectivity index (χ4v) is 1.92. The first-order valence-corrected chi connectivity index (χ1v) is 7.99. The Morgan fingerprint density at radius 2 is 1.82 bits per heavy atom. The van der Waals surface area contributed by atoms with Gasteiger partial charge in [0.25, 0.3) is 0 Å². The van der Waals surface area contributed by atoms with E-state index in [9.17, 15) is 19.2 Å². The van der Waals surface area contributed by atoms with Gasteiger partial charge in [0.15, 0.2) is 0 Å². The van der Waals surface area contributed by atoms with Crippen molar-refractivity contribution in [3.63, 3.8) is 0 Å². The van der Waals surface area contributed by atoms with Crippen LogP contribution in [0.3, 0.4) is 0 Å². The van der Waals surface area contributed by atoms with E-state index in [0.717, 1.165) is 0 Å². The number of hydrogen-bond donors (Lipinski definition) is 5. The minimum Gasteiger partial charge on any atom is -0.480 e. The molecule has 0 aliphatic carbocycles. The van der Waals surface area contributed by atoms with E-state index in [4.69, 9.17) is 10.8 Å². The monoisotopic (exact) mass is 334 g/mol. The van der Waals surface area contributed by atoms with Crippen LogP contribution < -0.4 is 21.7 Å². The Morgan fingerprint density at radius 1 is 1.18 bits per heavy atom. The molecule has 0 saturated carbocycles. The zero-order chi connectivity index (χ0) is 17.1. The highest BCUT2D eigenvalue weighted by Gasteiger charge is 2.24. The van der Waals surface area contributed by atoms with Gasteiger partial charge in [0.05, 0.1) is 6.54 Å². The lowest BCUT2D eigenvalue weighted by molar-refractivity contribution is -0.138. The zero-order valence-corrected chi connectivity index (χ0v) is 13.4. The van der Waals surface area contributed by atoms with Crippen LogP contribution in [0.5, 0.6) is 0 Å². The summed E-state index contributed by atoms with van der Waals surface area (Å²) in [5, 5.41) is 15.6. The number of aliphatic carboxylic acids is 1. The van der Waals surface area contributed by atoms with Crippen LogP contribution in [0.15, 0.2) is 0 Å². The smallest absolute Gasteiger partial charge is 0.322 e. The highest BCUT2D eigenvalue weighted by Crippen LogP contribution is 2.01. The molecule has 0 saturated heterocycles. The quantitative estimate of drug-likeness (QED) is 0.307. The second-order valence-corrected chi connectivity index (χ2v) is 5.43. The SMILES string of the molecule is CSCCC(NC(=O)C(C)NC(=O)CN)C(=O)NCC(=O)O. The van der Waals surface area contributed by atoms with Crippen LogP contribution in [-0.4, -0.2) is 66.0 Å². The second kappa shape index (κ2) is 10.9. The van der Waals surface area contributed by atoms with Crippen molar-refractivity contribution in [3.8, 4) is 0 Å². The van der Waals surface area contributed by atoms with Crippen LogP contribution in [0.1, 0.15) is 13.3 Å². The van der Waals surface area contributed by atoms with Crippen molar-refractivity contribution < 1.29 is 24.3 Å². The molecule has 22 heavy (non-hydrogen) atoms. The summed E-state index contributed by atoms with van der Waals surface area (Å²) in [7, 11) is 0. The van der Waals surface area contributed by atoms with Crippen LogP contribution in [0.4, 0.5) is 0 Å². The molecule has 0 spiro atoms. The molecule has 0 heterocycles. The number of rotatable bonds is 10. The molecular formula is C12H22N4O5S. The predicted octanol–water partition coefficient (Wildman–Crippen LogP) is -2.11. The first kappa shape index (κ1) is 20.2. The Kier molecular flexibility index (Phi) is 9.96. The van der Waals surface area contributed by atoms with E-state index in [1.54, 1.807) is 0 Å². The van der Waals surface area contributed by atoms with Gasteiger partial charge in [0.2, 0.25) is 17.7 Å². The summed E-state index contributed by atoms with van der Waals surface area (Å²) in [6.07, 6.45) is 2.19. The third-order valence-corrected chi connectivity index (χ3v) is 3.26. The lowest BCUT2D eigenvalue weighted by Crippen LogP contribution is -2.54. The van der Waals surface area contributed by atoms with E-state index in [2.05, 4.69) is 16.0 Å². The molecule has 3 amide bonds. The van der Waals surface area contributed by atoms with Crippen molar-refractivity contribution >= 4 is 35.5 Å². The molecule has 0 aromatic carbocycles. The van der Waals surface area contributed by atoms with E-state index in [0.29, 0.717) is 12.2 Å². The van der Waals surface area contributed by atoms with E-state index in [1.165, 1.54) is 18.7 Å². The highest BCUT2D eigenvalue weighted by atomic mass is 32.2. The minimum absolute atomic E-state index is 0.243. The maximum Gasteiger partial charge on any atom is 0.322 e. The molecule has 9 nitrogen and oxygen atoms in total. The second-order valence-electron chi connectivity index (χ2n) is 4.45. The molecule has 0 aliphatic rings. The number of carbonyl (C=O) groups excluding carboxylic acids is 3. The Labute approximate surface area is 132 Å².